The van der Waals surface area contributed by atoms with E-state index in [0.717, 1.165) is 16.2 Å². The second-order valence-corrected chi connectivity index (χ2v) is 14.1. The Labute approximate surface area is 259 Å². The van der Waals surface area contributed by atoms with Crippen LogP contribution in [0.15, 0.2) is 63.3 Å². The van der Waals surface area contributed by atoms with E-state index in [9.17, 15) is 26.4 Å². The predicted molar refractivity (Wildman–Crippen MR) is 160 cm³/mol. The second-order valence-electron chi connectivity index (χ2n) is 10.1. The number of amides is 1. The first kappa shape index (κ1) is 31.3. The Morgan fingerprint density at radius 3 is 2.35 bits per heavy atom. The molecule has 8 nitrogen and oxygen atoms in total. The molecule has 0 atom stereocenters. The molecule has 1 aliphatic rings. The highest BCUT2D eigenvalue weighted by atomic mass is 35.5. The van der Waals surface area contributed by atoms with Crippen molar-refractivity contribution in [2.45, 2.75) is 42.7 Å². The molecule has 2 heterocycles. The number of rotatable bonds is 10. The van der Waals surface area contributed by atoms with Gasteiger partial charge in [0.1, 0.15) is 6.54 Å². The molecule has 2 aromatic heterocycles. The Balaban J connectivity index is 1.36. The highest BCUT2D eigenvalue weighted by molar-refractivity contribution is 7.91. The number of sulfone groups is 1. The van der Waals surface area contributed by atoms with Crippen molar-refractivity contribution in [1.29, 1.82) is 0 Å². The smallest absolute Gasteiger partial charge is 0.353 e. The number of nitrogens with one attached hydrogen (secondary N) is 1. The van der Waals surface area contributed by atoms with Crippen LogP contribution in [0.4, 0.5) is 24.5 Å². The van der Waals surface area contributed by atoms with E-state index in [0.29, 0.717) is 30.1 Å². The number of thiophene rings is 1. The summed E-state index contributed by atoms with van der Waals surface area (Å²) in [5.74, 6) is -0.0793. The van der Waals surface area contributed by atoms with E-state index in [2.05, 4.69) is 15.5 Å². The molecule has 0 aliphatic heterocycles. The van der Waals surface area contributed by atoms with Crippen molar-refractivity contribution in [2.24, 2.45) is 0 Å². The molecule has 43 heavy (non-hydrogen) atoms. The SMILES string of the molecule is CCS(=O)(=O)c1ccc(N(CC(=O)Nc2cc(Cl)c(C3(c4noc(-c5cccs5)n4)CCC3)c(Cl)c2)CC(F)(F)F)cc1. The second kappa shape index (κ2) is 12.1. The molecular weight excluding hydrogens is 648 g/mol. The fraction of sp³-hybridized carbons (Fsp3) is 0.321. The summed E-state index contributed by atoms with van der Waals surface area (Å²) in [6.45, 7) is -0.635. The lowest BCUT2D eigenvalue weighted by Gasteiger charge is -2.40. The highest BCUT2D eigenvalue weighted by Gasteiger charge is 2.47. The largest absolute Gasteiger partial charge is 0.405 e. The Kier molecular flexibility index (Phi) is 8.81. The standard InChI is InChI=1S/C28H25Cl2F3N4O4S2/c1-2-43(39,40)19-8-6-18(7-9-19)37(16-28(31,32)33)15-23(38)34-17-13-20(29)24(21(30)14-17)27(10-4-11-27)26-35-25(41-36-26)22-5-3-12-42-22/h3,5-9,12-14H,2,4,10-11,15-16H2,1H3,(H,34,38). The maximum atomic E-state index is 13.4. The summed E-state index contributed by atoms with van der Waals surface area (Å²) in [6.07, 6.45) is -2.40. The number of carbonyl (C=O) groups is 1. The van der Waals surface area contributed by atoms with Crippen LogP contribution >= 0.6 is 34.5 Å². The Morgan fingerprint density at radius 1 is 1.14 bits per heavy atom. The van der Waals surface area contributed by atoms with Crippen molar-refractivity contribution >= 4 is 61.7 Å². The monoisotopic (exact) mass is 672 g/mol. The summed E-state index contributed by atoms with van der Waals surface area (Å²) in [7, 11) is -3.54. The van der Waals surface area contributed by atoms with Gasteiger partial charge in [0.25, 0.3) is 5.89 Å². The van der Waals surface area contributed by atoms with Gasteiger partial charge in [0.15, 0.2) is 15.7 Å². The van der Waals surface area contributed by atoms with Crippen LogP contribution in [0.1, 0.15) is 37.6 Å². The lowest BCUT2D eigenvalue weighted by molar-refractivity contribution is -0.122. The van der Waals surface area contributed by atoms with Crippen molar-refractivity contribution in [3.05, 3.63) is 75.3 Å². The van der Waals surface area contributed by atoms with Gasteiger partial charge in [0.05, 0.1) is 27.5 Å². The van der Waals surface area contributed by atoms with Crippen LogP contribution in [0.25, 0.3) is 10.8 Å². The normalized spacial score (nSPS) is 14.7. The van der Waals surface area contributed by atoms with Gasteiger partial charge in [-0.05, 0) is 60.7 Å². The van der Waals surface area contributed by atoms with E-state index in [1.54, 1.807) is 0 Å². The fourth-order valence-electron chi connectivity index (χ4n) is 5.00. The average molecular weight is 674 g/mol. The zero-order chi connectivity index (χ0) is 31.0. The molecule has 0 bridgehead atoms. The first-order chi connectivity index (χ1) is 20.3. The molecule has 1 fully saturated rings. The van der Waals surface area contributed by atoms with Crippen LogP contribution in [0.2, 0.25) is 10.0 Å². The van der Waals surface area contributed by atoms with E-state index >= 15 is 0 Å². The quantitative estimate of drug-likeness (QED) is 0.187. The van der Waals surface area contributed by atoms with E-state index in [-0.39, 0.29) is 32.1 Å². The predicted octanol–water partition coefficient (Wildman–Crippen LogP) is 7.38. The van der Waals surface area contributed by atoms with Crippen LogP contribution < -0.4 is 10.2 Å². The summed E-state index contributed by atoms with van der Waals surface area (Å²) in [4.78, 5) is 19.1. The Bertz CT molecular complexity index is 1700. The topological polar surface area (TPSA) is 105 Å². The molecule has 2 aromatic carbocycles. The zero-order valence-electron chi connectivity index (χ0n) is 22.6. The van der Waals surface area contributed by atoms with Gasteiger partial charge < -0.3 is 14.7 Å². The third-order valence-electron chi connectivity index (χ3n) is 7.24. The molecule has 4 aromatic rings. The number of hydrogen-bond acceptors (Lipinski definition) is 8. The molecule has 0 saturated heterocycles. The molecule has 0 unspecified atom stereocenters. The lowest BCUT2D eigenvalue weighted by Crippen LogP contribution is -2.40. The van der Waals surface area contributed by atoms with Gasteiger partial charge in [-0.15, -0.1) is 11.3 Å². The fourth-order valence-corrected chi connectivity index (χ4v) is 7.37. The number of alkyl halides is 3. The van der Waals surface area contributed by atoms with Gasteiger partial charge in [-0.3, -0.25) is 4.79 Å². The van der Waals surface area contributed by atoms with Crippen LogP contribution in [0, 0.1) is 0 Å². The van der Waals surface area contributed by atoms with Crippen LogP contribution in [0.5, 0.6) is 0 Å². The van der Waals surface area contributed by atoms with Gasteiger partial charge in [0.2, 0.25) is 5.91 Å². The summed E-state index contributed by atoms with van der Waals surface area (Å²) in [5.41, 5.74) is 0.126. The first-order valence-electron chi connectivity index (χ1n) is 13.1. The van der Waals surface area contributed by atoms with E-state index < -0.39 is 40.4 Å². The Morgan fingerprint density at radius 2 is 1.81 bits per heavy atom. The van der Waals surface area contributed by atoms with E-state index in [1.165, 1.54) is 54.7 Å². The molecule has 0 radical (unpaired) electrons. The number of halogens is 5. The van der Waals surface area contributed by atoms with Crippen molar-refractivity contribution in [3.63, 3.8) is 0 Å². The third kappa shape index (κ3) is 6.69. The Hall–Kier alpha value is -3.13. The number of hydrogen-bond donors (Lipinski definition) is 1. The summed E-state index contributed by atoms with van der Waals surface area (Å²) in [5, 5.41) is 9.16. The van der Waals surface area contributed by atoms with E-state index in [1.807, 2.05) is 17.5 Å². The van der Waals surface area contributed by atoms with Gasteiger partial charge in [-0.1, -0.05) is 47.8 Å². The van der Waals surface area contributed by atoms with Gasteiger partial charge in [-0.25, -0.2) is 8.42 Å². The number of benzene rings is 2. The summed E-state index contributed by atoms with van der Waals surface area (Å²) in [6, 6.07) is 11.6. The minimum atomic E-state index is -4.63. The minimum absolute atomic E-state index is 0.0210. The van der Waals surface area contributed by atoms with Crippen molar-refractivity contribution in [3.8, 4) is 10.8 Å². The molecule has 228 valence electrons. The van der Waals surface area contributed by atoms with Crippen molar-refractivity contribution < 1.29 is 30.9 Å². The van der Waals surface area contributed by atoms with Crippen LogP contribution in [0.3, 0.4) is 0 Å². The molecule has 1 aliphatic carbocycles. The summed E-state index contributed by atoms with van der Waals surface area (Å²) < 4.78 is 69.9. The van der Waals surface area contributed by atoms with Crippen molar-refractivity contribution in [1.82, 2.24) is 10.1 Å². The number of carbonyl (C=O) groups excluding carboxylic acids is 1. The molecule has 15 heteroatoms. The average Bonchev–Trinajstić information content (AvgIpc) is 3.61. The van der Waals surface area contributed by atoms with Gasteiger partial charge in [0, 0.05) is 27.0 Å². The molecular formula is C28H25Cl2F3N4O4S2. The zero-order valence-corrected chi connectivity index (χ0v) is 25.8. The lowest BCUT2D eigenvalue weighted by atomic mass is 9.64. The molecule has 1 saturated carbocycles. The molecule has 5 rings (SSSR count). The maximum absolute atomic E-state index is 13.4. The minimum Gasteiger partial charge on any atom is -0.353 e. The molecule has 0 spiro atoms. The summed E-state index contributed by atoms with van der Waals surface area (Å²) >= 11 is 14.9. The van der Waals surface area contributed by atoms with Crippen LogP contribution in [-0.4, -0.2) is 49.5 Å². The molecule has 1 amide bonds. The van der Waals surface area contributed by atoms with Gasteiger partial charge in [-0.2, -0.15) is 18.2 Å². The highest BCUT2D eigenvalue weighted by Crippen LogP contribution is 2.53. The van der Waals surface area contributed by atoms with Gasteiger partial charge >= 0.3 is 6.18 Å². The van der Waals surface area contributed by atoms with E-state index in [4.69, 9.17) is 27.7 Å². The van der Waals surface area contributed by atoms with Crippen LogP contribution in [-0.2, 0) is 20.0 Å². The number of anilines is 2. The number of nitrogens with zero attached hydrogens (tertiary/aromatic N) is 3. The number of aromatic nitrogens is 2. The van der Waals surface area contributed by atoms with Crippen molar-refractivity contribution in [2.75, 3.05) is 29.1 Å². The first-order valence-corrected chi connectivity index (χ1v) is 16.4. The maximum Gasteiger partial charge on any atom is 0.405 e. The third-order valence-corrected chi connectivity index (χ3v) is 10.4. The molecule has 1 N–H and O–H groups in total.